The second-order valence-electron chi connectivity index (χ2n) is 7.67. The molecule has 0 N–H and O–H groups in total. The van der Waals surface area contributed by atoms with Gasteiger partial charge < -0.3 is 4.74 Å². The van der Waals surface area contributed by atoms with Gasteiger partial charge in [-0.3, -0.25) is 14.6 Å². The van der Waals surface area contributed by atoms with Crippen LogP contribution in [0.5, 0.6) is 0 Å². The van der Waals surface area contributed by atoms with E-state index in [1.807, 2.05) is 0 Å². The second kappa shape index (κ2) is 10.2. The number of fused-ring (bicyclic) bond motifs is 1. The van der Waals surface area contributed by atoms with E-state index < -0.39 is 33.1 Å². The van der Waals surface area contributed by atoms with Crippen LogP contribution in [0.25, 0.3) is 10.2 Å². The molecule has 0 spiro atoms. The number of carbonyl (C=O) groups is 1. The third kappa shape index (κ3) is 5.91. The minimum absolute atomic E-state index is 0.128. The van der Waals surface area contributed by atoms with Crippen LogP contribution >= 0.6 is 11.3 Å². The predicted molar refractivity (Wildman–Crippen MR) is 122 cm³/mol. The van der Waals surface area contributed by atoms with E-state index in [1.165, 1.54) is 23.1 Å². The monoisotopic (exact) mass is 495 g/mol. The van der Waals surface area contributed by atoms with Crippen LogP contribution in [0.15, 0.2) is 47.4 Å². The van der Waals surface area contributed by atoms with Gasteiger partial charge in [-0.05, 0) is 48.9 Å². The second-order valence-corrected chi connectivity index (χ2v) is 10.7. The van der Waals surface area contributed by atoms with Crippen molar-refractivity contribution in [1.82, 2.24) is 9.88 Å². The first-order valence-electron chi connectivity index (χ1n) is 10.5. The van der Waals surface area contributed by atoms with Crippen LogP contribution in [0.1, 0.15) is 6.42 Å². The highest BCUT2D eigenvalue weighted by Gasteiger charge is 2.27. The number of hydrogen-bond donors (Lipinski definition) is 0. The Labute approximate surface area is 194 Å². The molecule has 0 bridgehead atoms. The Hall–Kier alpha value is -2.47. The summed E-state index contributed by atoms with van der Waals surface area (Å²) in [6.45, 7) is 3.89. The average molecular weight is 496 g/mol. The molecule has 176 valence electrons. The van der Waals surface area contributed by atoms with E-state index in [4.69, 9.17) is 4.74 Å². The van der Waals surface area contributed by atoms with Crippen LogP contribution in [0.2, 0.25) is 0 Å². The SMILES string of the molecule is O=C(CS(=O)(=O)c1ccc(F)cc1)N(CCCN1CCOCC1)c1nc2ccc(F)cc2s1. The maximum atomic E-state index is 13.6. The van der Waals surface area contributed by atoms with Crippen LogP contribution in [0.3, 0.4) is 0 Å². The minimum Gasteiger partial charge on any atom is -0.379 e. The number of sulfone groups is 1. The zero-order valence-corrected chi connectivity index (χ0v) is 19.4. The van der Waals surface area contributed by atoms with Crippen molar-refractivity contribution in [2.45, 2.75) is 11.3 Å². The van der Waals surface area contributed by atoms with Crippen molar-refractivity contribution in [3.63, 3.8) is 0 Å². The van der Waals surface area contributed by atoms with Crippen molar-refractivity contribution in [2.24, 2.45) is 0 Å². The minimum atomic E-state index is -3.98. The summed E-state index contributed by atoms with van der Waals surface area (Å²) >= 11 is 1.13. The van der Waals surface area contributed by atoms with E-state index in [-0.39, 0.29) is 11.4 Å². The van der Waals surface area contributed by atoms with E-state index in [2.05, 4.69) is 9.88 Å². The standard InChI is InChI=1S/C22H23F2N3O4S2/c23-16-2-5-18(6-3-16)33(29,30)15-21(28)27(9-1-8-26-10-12-31-13-11-26)22-25-19-7-4-17(24)14-20(19)32-22/h2-7,14H,1,8-13,15H2. The Morgan fingerprint density at radius 2 is 1.79 bits per heavy atom. The van der Waals surface area contributed by atoms with E-state index in [1.54, 1.807) is 0 Å². The van der Waals surface area contributed by atoms with Gasteiger partial charge in [-0.2, -0.15) is 0 Å². The molecule has 3 aromatic rings. The van der Waals surface area contributed by atoms with Crippen molar-refractivity contribution in [1.29, 1.82) is 0 Å². The molecule has 0 unspecified atom stereocenters. The largest absolute Gasteiger partial charge is 0.379 e. The molecule has 1 aromatic heterocycles. The zero-order chi connectivity index (χ0) is 23.4. The van der Waals surface area contributed by atoms with Crippen LogP contribution < -0.4 is 4.90 Å². The van der Waals surface area contributed by atoms with Crippen LogP contribution in [0, 0.1) is 11.6 Å². The number of ether oxygens (including phenoxy) is 1. The summed E-state index contributed by atoms with van der Waals surface area (Å²) in [6, 6.07) is 8.51. The number of thiazole rings is 1. The van der Waals surface area contributed by atoms with Gasteiger partial charge >= 0.3 is 0 Å². The van der Waals surface area contributed by atoms with Crippen molar-refractivity contribution >= 4 is 42.4 Å². The highest BCUT2D eigenvalue weighted by atomic mass is 32.2. The topological polar surface area (TPSA) is 79.8 Å². The molecule has 0 saturated carbocycles. The first kappa shape index (κ1) is 23.7. The summed E-state index contributed by atoms with van der Waals surface area (Å²) in [4.78, 5) is 21.0. The van der Waals surface area contributed by atoms with Gasteiger partial charge in [0.15, 0.2) is 15.0 Å². The molecule has 1 saturated heterocycles. The van der Waals surface area contributed by atoms with Gasteiger partial charge in [-0.1, -0.05) is 11.3 Å². The fourth-order valence-corrected chi connectivity index (χ4v) is 5.80. The number of amides is 1. The number of aromatic nitrogens is 1. The van der Waals surface area contributed by atoms with Crippen molar-refractivity contribution in [3.8, 4) is 0 Å². The molecule has 11 heteroatoms. The van der Waals surface area contributed by atoms with E-state index >= 15 is 0 Å². The van der Waals surface area contributed by atoms with Gasteiger partial charge in [0.2, 0.25) is 5.91 Å². The van der Waals surface area contributed by atoms with Crippen LogP contribution in [-0.2, 0) is 19.4 Å². The number of carbonyl (C=O) groups excluding carboxylic acids is 1. The number of anilines is 1. The lowest BCUT2D eigenvalue weighted by Crippen LogP contribution is -2.40. The summed E-state index contributed by atoms with van der Waals surface area (Å²) in [5.41, 5.74) is 0.531. The molecule has 2 heterocycles. The molecule has 0 atom stereocenters. The Kier molecular flexibility index (Phi) is 7.32. The molecule has 1 aliphatic heterocycles. The summed E-state index contributed by atoms with van der Waals surface area (Å²) in [7, 11) is -3.98. The third-order valence-electron chi connectivity index (χ3n) is 5.32. The van der Waals surface area contributed by atoms with Crippen LogP contribution in [0.4, 0.5) is 13.9 Å². The number of morpholine rings is 1. The quantitative estimate of drug-likeness (QED) is 0.447. The molecule has 4 rings (SSSR count). The van der Waals surface area contributed by atoms with Crippen molar-refractivity contribution in [2.75, 3.05) is 50.0 Å². The van der Waals surface area contributed by atoms with Gasteiger partial charge in [-0.15, -0.1) is 0 Å². The van der Waals surface area contributed by atoms with E-state index in [9.17, 15) is 22.0 Å². The maximum Gasteiger partial charge on any atom is 0.244 e. The molecule has 7 nitrogen and oxygen atoms in total. The fraction of sp³-hybridized carbons (Fsp3) is 0.364. The first-order chi connectivity index (χ1) is 15.8. The highest BCUT2D eigenvalue weighted by molar-refractivity contribution is 7.92. The molecular weight excluding hydrogens is 472 g/mol. The van der Waals surface area contributed by atoms with Gasteiger partial charge in [0.25, 0.3) is 0 Å². The lowest BCUT2D eigenvalue weighted by molar-refractivity contribution is -0.116. The number of hydrogen-bond acceptors (Lipinski definition) is 7. The van der Waals surface area contributed by atoms with Gasteiger partial charge in [0.1, 0.15) is 17.4 Å². The molecule has 0 aliphatic carbocycles. The normalized spacial score (nSPS) is 15.1. The molecular formula is C22H23F2N3O4S2. The summed E-state index contributed by atoms with van der Waals surface area (Å²) in [6.07, 6.45) is 0.604. The fourth-order valence-electron chi connectivity index (χ4n) is 3.57. The molecule has 2 aromatic carbocycles. The predicted octanol–water partition coefficient (Wildman–Crippen LogP) is 3.10. The number of halogens is 2. The van der Waals surface area contributed by atoms with Gasteiger partial charge in [0, 0.05) is 26.2 Å². The highest BCUT2D eigenvalue weighted by Crippen LogP contribution is 2.30. The zero-order valence-electron chi connectivity index (χ0n) is 17.7. The number of rotatable bonds is 8. The smallest absolute Gasteiger partial charge is 0.244 e. The number of benzene rings is 2. The van der Waals surface area contributed by atoms with Crippen molar-refractivity contribution < 1.29 is 26.7 Å². The summed E-state index contributed by atoms with van der Waals surface area (Å²) < 4.78 is 58.3. The third-order valence-corrected chi connectivity index (χ3v) is 7.98. The van der Waals surface area contributed by atoms with E-state index in [0.717, 1.165) is 55.2 Å². The lowest BCUT2D eigenvalue weighted by atomic mass is 10.3. The lowest BCUT2D eigenvalue weighted by Gasteiger charge is -2.27. The Morgan fingerprint density at radius 3 is 2.52 bits per heavy atom. The summed E-state index contributed by atoms with van der Waals surface area (Å²) in [5.74, 6) is -2.39. The Morgan fingerprint density at radius 1 is 1.09 bits per heavy atom. The molecule has 1 fully saturated rings. The Bertz CT molecular complexity index is 1230. The molecule has 0 radical (unpaired) electrons. The van der Waals surface area contributed by atoms with Gasteiger partial charge in [0.05, 0.1) is 28.3 Å². The Balaban J connectivity index is 1.55. The van der Waals surface area contributed by atoms with Crippen molar-refractivity contribution in [3.05, 3.63) is 54.1 Å². The molecule has 1 aliphatic rings. The molecule has 33 heavy (non-hydrogen) atoms. The average Bonchev–Trinajstić information content (AvgIpc) is 3.20. The van der Waals surface area contributed by atoms with Gasteiger partial charge in [-0.25, -0.2) is 22.2 Å². The maximum absolute atomic E-state index is 13.6. The summed E-state index contributed by atoms with van der Waals surface area (Å²) in [5, 5.41) is 0.317. The molecule has 1 amide bonds. The first-order valence-corrected chi connectivity index (χ1v) is 12.9. The van der Waals surface area contributed by atoms with Crippen LogP contribution in [-0.4, -0.2) is 69.4 Å². The van der Waals surface area contributed by atoms with E-state index in [0.29, 0.717) is 35.0 Å². The number of nitrogens with zero attached hydrogens (tertiary/aromatic N) is 3.